The van der Waals surface area contributed by atoms with E-state index in [1.807, 2.05) is 0 Å². The van der Waals surface area contributed by atoms with E-state index >= 15 is 0 Å². The van der Waals surface area contributed by atoms with E-state index < -0.39 is 4.92 Å². The first kappa shape index (κ1) is 13.9. The maximum Gasteiger partial charge on any atom is 0.281 e. The van der Waals surface area contributed by atoms with E-state index in [1.54, 1.807) is 12.1 Å². The van der Waals surface area contributed by atoms with Crippen molar-refractivity contribution in [1.82, 2.24) is 10.2 Å². The van der Waals surface area contributed by atoms with Gasteiger partial charge in [-0.1, -0.05) is 29.0 Å². The molecule has 0 spiro atoms. The Bertz CT molecular complexity index is 602. The van der Waals surface area contributed by atoms with Gasteiger partial charge in [-0.3, -0.25) is 10.1 Å². The zero-order valence-corrected chi connectivity index (χ0v) is 11.4. The summed E-state index contributed by atoms with van der Waals surface area (Å²) in [5, 5.41) is 20.6. The van der Waals surface area contributed by atoms with Crippen LogP contribution in [0.2, 0.25) is 5.02 Å². The summed E-state index contributed by atoms with van der Waals surface area (Å²) >= 11 is 7.34. The summed E-state index contributed by atoms with van der Waals surface area (Å²) in [7, 11) is 0. The van der Waals surface area contributed by atoms with Gasteiger partial charge in [0.2, 0.25) is 0 Å². The fraction of sp³-hybridized carbons (Fsp3) is 0.273. The topological polar surface area (TPSA) is 94.9 Å². The van der Waals surface area contributed by atoms with Crippen molar-refractivity contribution in [2.45, 2.75) is 12.8 Å². The van der Waals surface area contributed by atoms with Crippen LogP contribution in [0.15, 0.2) is 18.2 Å². The molecule has 2 rings (SSSR count). The van der Waals surface area contributed by atoms with Crippen molar-refractivity contribution >= 4 is 28.6 Å². The predicted molar refractivity (Wildman–Crippen MR) is 74.4 cm³/mol. The predicted octanol–water partition coefficient (Wildman–Crippen LogP) is 2.66. The van der Waals surface area contributed by atoms with Gasteiger partial charge < -0.3 is 5.73 Å². The highest BCUT2D eigenvalue weighted by Crippen LogP contribution is 2.37. The molecule has 0 amide bonds. The van der Waals surface area contributed by atoms with Crippen molar-refractivity contribution in [3.05, 3.63) is 38.3 Å². The summed E-state index contributed by atoms with van der Waals surface area (Å²) in [5.74, 6) is 0. The zero-order valence-electron chi connectivity index (χ0n) is 9.88. The molecule has 0 aliphatic carbocycles. The van der Waals surface area contributed by atoms with E-state index in [1.165, 1.54) is 17.4 Å². The van der Waals surface area contributed by atoms with Crippen LogP contribution in [0.1, 0.15) is 11.4 Å². The van der Waals surface area contributed by atoms with Crippen molar-refractivity contribution in [3.63, 3.8) is 0 Å². The lowest BCUT2D eigenvalue weighted by Crippen LogP contribution is -1.99. The minimum absolute atomic E-state index is 0.0611. The Balaban J connectivity index is 2.41. The van der Waals surface area contributed by atoms with Gasteiger partial charge in [0.25, 0.3) is 5.69 Å². The molecule has 0 bridgehead atoms. The molecule has 0 fully saturated rings. The van der Waals surface area contributed by atoms with Crippen LogP contribution >= 0.6 is 22.9 Å². The molecule has 0 unspecified atom stereocenters. The SMILES string of the molecule is NCCCc1nnc(-c2c(Cl)cccc2[N+](=O)[O-])s1. The van der Waals surface area contributed by atoms with Crippen molar-refractivity contribution in [2.24, 2.45) is 5.73 Å². The summed E-state index contributed by atoms with van der Waals surface area (Å²) in [6.45, 7) is 0.571. The molecule has 1 heterocycles. The number of nitro groups is 1. The number of nitrogens with two attached hydrogens (primary N) is 1. The van der Waals surface area contributed by atoms with Crippen LogP contribution in [-0.2, 0) is 6.42 Å². The van der Waals surface area contributed by atoms with Crippen molar-refractivity contribution < 1.29 is 4.92 Å². The summed E-state index contributed by atoms with van der Waals surface area (Å²) in [4.78, 5) is 10.5. The molecule has 8 heteroatoms. The number of hydrogen-bond donors (Lipinski definition) is 1. The molecular weight excluding hydrogens is 288 g/mol. The molecule has 0 radical (unpaired) electrons. The van der Waals surface area contributed by atoms with Gasteiger partial charge in [-0.2, -0.15) is 0 Å². The highest BCUT2D eigenvalue weighted by molar-refractivity contribution is 7.14. The molecule has 2 N–H and O–H groups in total. The molecule has 0 atom stereocenters. The van der Waals surface area contributed by atoms with E-state index in [0.717, 1.165) is 11.4 Å². The fourth-order valence-corrected chi connectivity index (χ4v) is 2.85. The van der Waals surface area contributed by atoms with Gasteiger partial charge in [0.05, 0.1) is 9.95 Å². The molecule has 6 nitrogen and oxygen atoms in total. The fourth-order valence-electron chi connectivity index (χ4n) is 1.59. The third-order valence-corrected chi connectivity index (χ3v) is 3.78. The normalized spacial score (nSPS) is 10.6. The highest BCUT2D eigenvalue weighted by Gasteiger charge is 2.21. The highest BCUT2D eigenvalue weighted by atomic mass is 35.5. The van der Waals surface area contributed by atoms with Crippen molar-refractivity contribution in [1.29, 1.82) is 0 Å². The smallest absolute Gasteiger partial charge is 0.281 e. The second-order valence-corrected chi connectivity index (χ2v) is 5.25. The van der Waals surface area contributed by atoms with Crippen LogP contribution in [-0.4, -0.2) is 21.7 Å². The van der Waals surface area contributed by atoms with E-state index in [2.05, 4.69) is 10.2 Å². The van der Waals surface area contributed by atoms with Gasteiger partial charge in [-0.15, -0.1) is 10.2 Å². The number of rotatable bonds is 5. The minimum Gasteiger partial charge on any atom is -0.330 e. The molecule has 2 aromatic rings. The summed E-state index contributed by atoms with van der Waals surface area (Å²) in [6, 6.07) is 4.55. The number of nitro benzene ring substituents is 1. The Morgan fingerprint density at radius 1 is 1.42 bits per heavy atom. The monoisotopic (exact) mass is 298 g/mol. The molecule has 0 aliphatic heterocycles. The molecular formula is C11H11ClN4O2S. The van der Waals surface area contributed by atoms with Gasteiger partial charge in [-0.25, -0.2) is 0 Å². The molecule has 0 saturated carbocycles. The average molecular weight is 299 g/mol. The quantitative estimate of drug-likeness (QED) is 0.676. The van der Waals surface area contributed by atoms with Gasteiger partial charge in [0.15, 0.2) is 5.01 Å². The minimum atomic E-state index is -0.470. The lowest BCUT2D eigenvalue weighted by Gasteiger charge is -2.00. The van der Waals surface area contributed by atoms with Crippen LogP contribution in [0.3, 0.4) is 0 Å². The van der Waals surface area contributed by atoms with Gasteiger partial charge in [0.1, 0.15) is 10.6 Å². The van der Waals surface area contributed by atoms with Gasteiger partial charge >= 0.3 is 0 Å². The second-order valence-electron chi connectivity index (χ2n) is 3.78. The first-order valence-electron chi connectivity index (χ1n) is 5.59. The van der Waals surface area contributed by atoms with E-state index in [-0.39, 0.29) is 5.69 Å². The van der Waals surface area contributed by atoms with Crippen molar-refractivity contribution in [3.8, 4) is 10.6 Å². The number of benzene rings is 1. The maximum absolute atomic E-state index is 11.0. The van der Waals surface area contributed by atoms with Crippen LogP contribution in [0.25, 0.3) is 10.6 Å². The summed E-state index contributed by atoms with van der Waals surface area (Å²) in [5.41, 5.74) is 5.69. The Labute approximate surface area is 118 Å². The third-order valence-electron chi connectivity index (χ3n) is 2.46. The van der Waals surface area contributed by atoms with Crippen LogP contribution < -0.4 is 5.73 Å². The van der Waals surface area contributed by atoms with Crippen LogP contribution in [0, 0.1) is 10.1 Å². The van der Waals surface area contributed by atoms with Crippen LogP contribution in [0.4, 0.5) is 5.69 Å². The largest absolute Gasteiger partial charge is 0.330 e. The second kappa shape index (κ2) is 6.05. The molecule has 1 aromatic carbocycles. The lowest BCUT2D eigenvalue weighted by molar-refractivity contribution is -0.384. The van der Waals surface area contributed by atoms with E-state index in [0.29, 0.717) is 28.6 Å². The third kappa shape index (κ3) is 3.06. The average Bonchev–Trinajstić information content (AvgIpc) is 2.84. The summed E-state index contributed by atoms with van der Waals surface area (Å²) in [6.07, 6.45) is 1.52. The lowest BCUT2D eigenvalue weighted by atomic mass is 10.2. The maximum atomic E-state index is 11.0. The molecule has 1 aromatic heterocycles. The molecule has 19 heavy (non-hydrogen) atoms. The van der Waals surface area contributed by atoms with Crippen LogP contribution in [0.5, 0.6) is 0 Å². The molecule has 100 valence electrons. The Hall–Kier alpha value is -1.57. The zero-order chi connectivity index (χ0) is 13.8. The summed E-state index contributed by atoms with van der Waals surface area (Å²) < 4.78 is 0. The van der Waals surface area contributed by atoms with Gasteiger partial charge in [0, 0.05) is 12.5 Å². The Morgan fingerprint density at radius 3 is 2.89 bits per heavy atom. The van der Waals surface area contributed by atoms with Gasteiger partial charge in [-0.05, 0) is 19.0 Å². The number of aromatic nitrogens is 2. The number of aryl methyl sites for hydroxylation is 1. The standard InChI is InChI=1S/C11H11ClN4O2S/c12-7-3-1-4-8(16(17)18)10(7)11-15-14-9(19-11)5-2-6-13/h1,3-4H,2,5-6,13H2. The van der Waals surface area contributed by atoms with E-state index in [4.69, 9.17) is 17.3 Å². The molecule has 0 saturated heterocycles. The number of nitrogens with zero attached hydrogens (tertiary/aromatic N) is 3. The first-order chi connectivity index (χ1) is 9.13. The first-order valence-corrected chi connectivity index (χ1v) is 6.78. The number of halogens is 1. The molecule has 0 aliphatic rings. The van der Waals surface area contributed by atoms with E-state index in [9.17, 15) is 10.1 Å². The Morgan fingerprint density at radius 2 is 2.21 bits per heavy atom. The Kier molecular flexibility index (Phi) is 4.41. The number of hydrogen-bond acceptors (Lipinski definition) is 6. The van der Waals surface area contributed by atoms with Crippen molar-refractivity contribution in [2.75, 3.05) is 6.54 Å².